The normalized spacial score (nSPS) is 12.0. The van der Waals surface area contributed by atoms with Gasteiger partial charge in [0.05, 0.1) is 60.9 Å². The van der Waals surface area contributed by atoms with Gasteiger partial charge in [0.25, 0.3) is 0 Å². The molecule has 119 heavy (non-hydrogen) atoms. The molecule has 0 saturated heterocycles. The number of rotatable bonds is 12. The summed E-state index contributed by atoms with van der Waals surface area (Å²) in [4.78, 5) is 11.2. The van der Waals surface area contributed by atoms with Crippen molar-refractivity contribution < 1.29 is 13.2 Å². The second-order valence-corrected chi connectivity index (χ2v) is 31.2. The molecule has 18 aromatic carbocycles. The molecular formula is C110H69F3N6. The van der Waals surface area contributed by atoms with Crippen LogP contribution < -0.4 is 0 Å². The summed E-state index contributed by atoms with van der Waals surface area (Å²) < 4.78 is 55.0. The maximum Gasteiger partial charge on any atom is 0.416 e. The van der Waals surface area contributed by atoms with E-state index < -0.39 is 11.7 Å². The average Bonchev–Trinajstić information content (AvgIpc) is 1.61. The maximum absolute atomic E-state index is 15.2. The van der Waals surface area contributed by atoms with E-state index in [9.17, 15) is 0 Å². The minimum Gasteiger partial charge on any atom is -0.309 e. The highest BCUT2D eigenvalue weighted by molar-refractivity contribution is 6.17. The molecule has 23 aromatic rings. The fraction of sp³-hybridized carbons (Fsp3) is 0.0182. The second kappa shape index (κ2) is 27.4. The minimum atomic E-state index is -4.62. The van der Waals surface area contributed by atoms with Gasteiger partial charge in [-0.25, -0.2) is 9.97 Å². The van der Waals surface area contributed by atoms with Gasteiger partial charge in [0.2, 0.25) is 0 Å². The molecule has 0 unspecified atom stereocenters. The highest BCUT2D eigenvalue weighted by Crippen LogP contribution is 2.47. The van der Waals surface area contributed by atoms with Crippen LogP contribution in [0.2, 0.25) is 0 Å². The summed E-state index contributed by atoms with van der Waals surface area (Å²) in [5.41, 5.74) is 27.1. The highest BCUT2D eigenvalue weighted by atomic mass is 19.4. The molecule has 560 valence electrons. The van der Waals surface area contributed by atoms with E-state index >= 15 is 13.2 Å². The van der Waals surface area contributed by atoms with Crippen molar-refractivity contribution in [1.82, 2.24) is 28.2 Å². The van der Waals surface area contributed by atoms with E-state index in [1.807, 2.05) is 36.4 Å². The first kappa shape index (κ1) is 69.1. The van der Waals surface area contributed by atoms with Crippen molar-refractivity contribution in [1.29, 1.82) is 0 Å². The van der Waals surface area contributed by atoms with Crippen molar-refractivity contribution in [2.45, 2.75) is 13.1 Å². The number of para-hydroxylation sites is 2. The molecule has 0 bridgehead atoms. The fourth-order valence-corrected chi connectivity index (χ4v) is 18.6. The van der Waals surface area contributed by atoms with Gasteiger partial charge in [-0.15, -0.1) is 0 Å². The molecule has 23 rings (SSSR count). The van der Waals surface area contributed by atoms with Crippen LogP contribution in [0.1, 0.15) is 11.1 Å². The number of hydrogen-bond donors (Lipinski definition) is 0. The van der Waals surface area contributed by atoms with Crippen LogP contribution in [0.3, 0.4) is 0 Å². The van der Waals surface area contributed by atoms with Crippen molar-refractivity contribution in [3.8, 4) is 112 Å². The van der Waals surface area contributed by atoms with Gasteiger partial charge >= 0.3 is 6.18 Å². The largest absolute Gasteiger partial charge is 0.416 e. The number of benzene rings is 18. The Morgan fingerprint density at radius 2 is 0.513 bits per heavy atom. The zero-order valence-electron chi connectivity index (χ0n) is 64.4. The SMILES string of the molecule is Cc1cc(-c2nc(-c3cc(-n4c5ccc(-c6ccccc6)cc5c5cc(-c6ccc7c(c6)c6cc(-c8ccccc8)ccc6n7-c6ccccc6)ccc54)cc(-n4c5ccc(-c6ccccc6)cc5c5cc(-c6ccc7c(c6)c6cc(-c8ccccc8)ccc6n7-c6ccccc6)ccc54)c3)nc3c2ccc2ccccc23)cc(C(F)(F)F)c1. The minimum absolute atomic E-state index is 0.341. The Morgan fingerprint density at radius 1 is 0.210 bits per heavy atom. The third kappa shape index (κ3) is 11.6. The van der Waals surface area contributed by atoms with E-state index in [0.29, 0.717) is 39.1 Å². The molecule has 0 aliphatic rings. The summed E-state index contributed by atoms with van der Waals surface area (Å²) >= 11 is 0. The number of alkyl halides is 3. The van der Waals surface area contributed by atoms with Crippen LogP contribution in [-0.2, 0) is 6.18 Å². The van der Waals surface area contributed by atoms with Gasteiger partial charge < -0.3 is 18.3 Å². The smallest absolute Gasteiger partial charge is 0.309 e. The summed E-state index contributed by atoms with van der Waals surface area (Å²) in [6.07, 6.45) is -4.62. The van der Waals surface area contributed by atoms with Gasteiger partial charge in [-0.2, -0.15) is 13.2 Å². The molecule has 0 fully saturated rings. The van der Waals surface area contributed by atoms with Gasteiger partial charge in [0.15, 0.2) is 5.82 Å². The molecule has 0 amide bonds. The Bertz CT molecular complexity index is 7680. The molecule has 0 aliphatic heterocycles. The van der Waals surface area contributed by atoms with E-state index in [2.05, 4.69) is 364 Å². The van der Waals surface area contributed by atoms with Crippen molar-refractivity contribution >= 4 is 109 Å². The highest BCUT2D eigenvalue weighted by Gasteiger charge is 2.32. The topological polar surface area (TPSA) is 45.5 Å². The number of fused-ring (bicyclic) bond motifs is 15. The molecule has 5 aromatic heterocycles. The Balaban J connectivity index is 0.776. The van der Waals surface area contributed by atoms with E-state index in [1.165, 1.54) is 12.1 Å². The number of aryl methyl sites for hydroxylation is 1. The summed E-state index contributed by atoms with van der Waals surface area (Å²) in [6.45, 7) is 1.71. The molecule has 6 nitrogen and oxygen atoms in total. The molecule has 0 N–H and O–H groups in total. The number of hydrogen-bond acceptors (Lipinski definition) is 2. The number of nitrogens with zero attached hydrogens (tertiary/aromatic N) is 6. The Labute approximate surface area is 682 Å². The molecule has 5 heterocycles. The van der Waals surface area contributed by atoms with Gasteiger partial charge in [0.1, 0.15) is 0 Å². The number of aromatic nitrogens is 6. The monoisotopic (exact) mass is 1530 g/mol. The summed E-state index contributed by atoms with van der Waals surface area (Å²) in [6, 6.07) is 141. The lowest BCUT2D eigenvalue weighted by atomic mass is 9.98. The van der Waals surface area contributed by atoms with E-state index in [-0.39, 0.29) is 0 Å². The van der Waals surface area contributed by atoms with Gasteiger partial charge in [-0.05, 0) is 248 Å². The van der Waals surface area contributed by atoms with Crippen LogP contribution in [0.15, 0.2) is 400 Å². The van der Waals surface area contributed by atoms with Crippen LogP contribution in [0.5, 0.6) is 0 Å². The Kier molecular flexibility index (Phi) is 15.9. The van der Waals surface area contributed by atoms with Gasteiger partial charge in [-0.1, -0.05) is 237 Å². The standard InChI is InChI=1S/C110H69F3N6/c1-68-54-82(56-84(55-68)110(111,112)113)107-90-45-36-73-30-20-21-35-89(73)108(90)115-109(114-107)83-57-87(118-103-48-39-76(71-26-12-4-13-27-71)61-93(103)97-65-80(43-52-105(97)118)78-41-50-101-95(63-78)91-59-74(69-22-8-2-9-23-69)37-46-99(91)116(101)85-31-16-6-17-32-85)67-88(58-83)119-104-49-40-77(72-28-14-5-15-29-72)62-94(104)98-66-81(44-53-106(98)119)79-42-51-102-96(64-79)92-60-75(70-24-10-3-11-25-70)38-47-100(92)117(102)86-33-18-7-19-34-86/h2-67H,1H3. The molecule has 0 saturated carbocycles. The predicted octanol–water partition coefficient (Wildman–Crippen LogP) is 29.8. The first-order valence-electron chi connectivity index (χ1n) is 40.2. The first-order valence-corrected chi connectivity index (χ1v) is 40.2. The summed E-state index contributed by atoms with van der Waals surface area (Å²) in [7, 11) is 0. The Hall–Kier alpha value is -15.5. The molecule has 0 spiro atoms. The van der Waals surface area contributed by atoms with Gasteiger partial charge in [-0.3, -0.25) is 0 Å². The Morgan fingerprint density at radius 3 is 0.849 bits per heavy atom. The third-order valence-corrected chi connectivity index (χ3v) is 24.1. The maximum atomic E-state index is 15.2. The van der Waals surface area contributed by atoms with Crippen LogP contribution in [-0.4, -0.2) is 28.2 Å². The zero-order valence-corrected chi connectivity index (χ0v) is 64.4. The van der Waals surface area contributed by atoms with E-state index in [4.69, 9.17) is 9.97 Å². The average molecular weight is 1530 g/mol. The molecular weight excluding hydrogens is 1460 g/mol. The number of halogens is 3. The molecule has 0 radical (unpaired) electrons. The fourth-order valence-electron chi connectivity index (χ4n) is 18.6. The third-order valence-electron chi connectivity index (χ3n) is 24.1. The lowest BCUT2D eigenvalue weighted by Gasteiger charge is -2.17. The summed E-state index contributed by atoms with van der Waals surface area (Å²) in [5.74, 6) is 0.352. The molecule has 0 aliphatic carbocycles. The molecule has 0 atom stereocenters. The van der Waals surface area contributed by atoms with Crippen LogP contribution in [0.4, 0.5) is 13.2 Å². The first-order chi connectivity index (χ1) is 58.5. The van der Waals surface area contributed by atoms with Crippen molar-refractivity contribution in [3.05, 3.63) is 412 Å². The predicted molar refractivity (Wildman–Crippen MR) is 488 cm³/mol. The van der Waals surface area contributed by atoms with E-state index in [1.54, 1.807) is 13.0 Å². The lowest BCUT2D eigenvalue weighted by Crippen LogP contribution is -2.06. The van der Waals surface area contributed by atoms with Crippen LogP contribution in [0, 0.1) is 6.92 Å². The second-order valence-electron chi connectivity index (χ2n) is 31.2. The quantitative estimate of drug-likeness (QED) is 0.114. The van der Waals surface area contributed by atoms with Crippen molar-refractivity contribution in [3.63, 3.8) is 0 Å². The van der Waals surface area contributed by atoms with Crippen molar-refractivity contribution in [2.24, 2.45) is 0 Å². The van der Waals surface area contributed by atoms with Crippen LogP contribution >= 0.6 is 0 Å². The summed E-state index contributed by atoms with van der Waals surface area (Å²) in [5, 5.41) is 11.2. The molecule has 9 heteroatoms. The van der Waals surface area contributed by atoms with E-state index in [0.717, 1.165) is 188 Å². The van der Waals surface area contributed by atoms with Crippen LogP contribution in [0.25, 0.3) is 221 Å². The zero-order chi connectivity index (χ0) is 79.1. The lowest BCUT2D eigenvalue weighted by molar-refractivity contribution is -0.137. The van der Waals surface area contributed by atoms with Crippen molar-refractivity contribution in [2.75, 3.05) is 0 Å². The van der Waals surface area contributed by atoms with Gasteiger partial charge in [0, 0.05) is 87.7 Å².